The molecule has 230 valence electrons. The highest BCUT2D eigenvalue weighted by atomic mass is 32.2. The summed E-state index contributed by atoms with van der Waals surface area (Å²) in [6.07, 6.45) is 7.76. The van der Waals surface area contributed by atoms with Crippen LogP contribution in [0, 0.1) is 13.8 Å². The van der Waals surface area contributed by atoms with Crippen LogP contribution in [-0.4, -0.2) is 28.8 Å². The first kappa shape index (κ1) is 34.6. The number of aromatic nitrogens is 2. The number of methoxy groups -OCH3 is 1. The number of hydrogen-bond acceptors (Lipinski definition) is 8. The molecule has 0 bridgehead atoms. The van der Waals surface area contributed by atoms with Crippen molar-refractivity contribution in [3.63, 3.8) is 0 Å². The molecular formula is C32H49N7O2S. The second kappa shape index (κ2) is 14.5. The second-order valence-electron chi connectivity index (χ2n) is 12.0. The number of carbonyl (C=O) groups excluding carboxylic acids is 1. The molecule has 0 aliphatic carbocycles. The van der Waals surface area contributed by atoms with E-state index in [1.165, 1.54) is 40.9 Å². The molecule has 3 aromatic rings. The van der Waals surface area contributed by atoms with E-state index in [0.717, 1.165) is 23.2 Å². The molecule has 1 heterocycles. The van der Waals surface area contributed by atoms with Crippen molar-refractivity contribution < 1.29 is 9.53 Å². The number of nitrogens with two attached hydrogens (primary N) is 2. The van der Waals surface area contributed by atoms with Gasteiger partial charge in [-0.2, -0.15) is 0 Å². The molecule has 0 radical (unpaired) electrons. The molecule has 1 amide bonds. The summed E-state index contributed by atoms with van der Waals surface area (Å²) in [4.78, 5) is 17.4. The molecule has 1 aromatic heterocycles. The number of aryl methyl sites for hydroxylation is 3. The molecule has 0 saturated carbocycles. The van der Waals surface area contributed by atoms with Crippen molar-refractivity contribution >= 4 is 34.9 Å². The number of hydrazine groups is 1. The summed E-state index contributed by atoms with van der Waals surface area (Å²) < 4.78 is 11.1. The highest BCUT2D eigenvalue weighted by Gasteiger charge is 2.22. The van der Waals surface area contributed by atoms with Gasteiger partial charge in [0.2, 0.25) is 0 Å². The minimum atomic E-state index is -0.263. The third-order valence-electron chi connectivity index (χ3n) is 6.61. The van der Waals surface area contributed by atoms with Crippen molar-refractivity contribution in [3.8, 4) is 5.75 Å². The molecular weight excluding hydrogens is 546 g/mol. The molecule has 2 aromatic carbocycles. The van der Waals surface area contributed by atoms with Gasteiger partial charge in [-0.15, -0.1) is 0 Å². The molecule has 0 fully saturated rings. The largest absolute Gasteiger partial charge is 0.492 e. The highest BCUT2D eigenvalue weighted by Crippen LogP contribution is 2.39. The topological polar surface area (TPSA) is 123 Å². The van der Waals surface area contributed by atoms with Gasteiger partial charge in [-0.1, -0.05) is 45.7 Å². The second-order valence-corrected chi connectivity index (χ2v) is 12.7. The Bertz CT molecular complexity index is 1380. The lowest BCUT2D eigenvalue weighted by Crippen LogP contribution is -2.26. The fourth-order valence-electron chi connectivity index (χ4n) is 4.61. The number of rotatable bonds is 8. The average Bonchev–Trinajstić information content (AvgIpc) is 3.30. The molecule has 0 atom stereocenters. The number of nitrogens with one attached hydrogen (secondary N) is 2. The lowest BCUT2D eigenvalue weighted by molar-refractivity contribution is 0.102. The third-order valence-corrected chi connectivity index (χ3v) is 7.04. The van der Waals surface area contributed by atoms with Gasteiger partial charge in [0.25, 0.3) is 5.91 Å². The number of anilines is 3. The van der Waals surface area contributed by atoms with Crippen LogP contribution in [0.4, 0.5) is 17.1 Å². The van der Waals surface area contributed by atoms with Gasteiger partial charge in [-0.3, -0.25) is 9.80 Å². The van der Waals surface area contributed by atoms with E-state index in [9.17, 15) is 4.79 Å². The number of carbonyl (C=O) groups is 1. The normalized spacial score (nSPS) is 11.6. The van der Waals surface area contributed by atoms with Gasteiger partial charge in [0.15, 0.2) is 5.75 Å². The van der Waals surface area contributed by atoms with E-state index in [1.54, 1.807) is 19.2 Å². The smallest absolute Gasteiger partial charge is 0.255 e. The third kappa shape index (κ3) is 8.69. The fraction of sp³-hybridized carbons (Fsp3) is 0.438. The summed E-state index contributed by atoms with van der Waals surface area (Å²) in [6, 6.07) is 9.32. The van der Waals surface area contributed by atoms with E-state index in [4.69, 9.17) is 16.3 Å². The summed E-state index contributed by atoms with van der Waals surface area (Å²) in [5, 5.41) is 4.37. The van der Waals surface area contributed by atoms with Crippen LogP contribution in [0.3, 0.4) is 0 Å². The Labute approximate surface area is 256 Å². The standard InChI is InChI=1S/C22H31N5O2S.C10H18N2/c1-14-7-8-15(11-19(14)27(24)10-9-23)21(28)25-17-12-16(22(2,3)4)13-18(26-30-6)20(17)29-5;1-6-9-11-7-8(2)12(9)10(3,4)5/h7-13,26H,23-24H2,1-6H3,(H,25,28);7H,6H2,1-5H3/b10-9-;. The highest BCUT2D eigenvalue weighted by molar-refractivity contribution is 7.99. The Kier molecular flexibility index (Phi) is 11.9. The molecule has 3 rings (SSSR count). The monoisotopic (exact) mass is 595 g/mol. The van der Waals surface area contributed by atoms with E-state index >= 15 is 0 Å². The molecule has 6 N–H and O–H groups in total. The van der Waals surface area contributed by atoms with Crippen LogP contribution in [0.15, 0.2) is 48.9 Å². The van der Waals surface area contributed by atoms with Crippen molar-refractivity contribution in [2.24, 2.45) is 11.6 Å². The number of benzene rings is 2. The zero-order valence-corrected chi connectivity index (χ0v) is 27.9. The fourth-order valence-corrected chi connectivity index (χ4v) is 4.98. The van der Waals surface area contributed by atoms with Gasteiger partial charge in [-0.05, 0) is 75.4 Å². The molecule has 0 spiro atoms. The predicted molar refractivity (Wildman–Crippen MR) is 179 cm³/mol. The lowest BCUT2D eigenvalue weighted by atomic mass is 9.86. The SMILES string of the molecule is CCc1ncc(C)n1C(C)(C)C.COc1c(NSC)cc(C(C)(C)C)cc1NC(=O)c1ccc(C)c(N(N)/C=C\N)c1. The maximum absolute atomic E-state index is 13.1. The predicted octanol–water partition coefficient (Wildman–Crippen LogP) is 6.86. The van der Waals surface area contributed by atoms with Crippen LogP contribution in [0.5, 0.6) is 5.75 Å². The maximum atomic E-state index is 13.1. The number of hydrogen-bond donors (Lipinski definition) is 4. The number of imidazole rings is 1. The van der Waals surface area contributed by atoms with Crippen LogP contribution in [0.2, 0.25) is 0 Å². The van der Waals surface area contributed by atoms with Crippen molar-refractivity contribution in [1.29, 1.82) is 0 Å². The molecule has 10 heteroatoms. The van der Waals surface area contributed by atoms with Gasteiger partial charge in [0, 0.05) is 48.1 Å². The van der Waals surface area contributed by atoms with Crippen LogP contribution in [0.1, 0.15) is 81.5 Å². The van der Waals surface area contributed by atoms with Crippen LogP contribution in [0.25, 0.3) is 0 Å². The maximum Gasteiger partial charge on any atom is 0.255 e. The molecule has 42 heavy (non-hydrogen) atoms. The zero-order valence-electron chi connectivity index (χ0n) is 27.0. The lowest BCUT2D eigenvalue weighted by Gasteiger charge is -2.25. The summed E-state index contributed by atoms with van der Waals surface area (Å²) >= 11 is 1.46. The Morgan fingerprint density at radius 2 is 1.76 bits per heavy atom. The zero-order chi connectivity index (χ0) is 31.8. The van der Waals surface area contributed by atoms with Gasteiger partial charge >= 0.3 is 0 Å². The molecule has 0 saturated heterocycles. The van der Waals surface area contributed by atoms with Gasteiger partial charge < -0.3 is 25.1 Å². The summed E-state index contributed by atoms with van der Waals surface area (Å²) in [6.45, 7) is 19.2. The Balaban J connectivity index is 0.000000428. The molecule has 9 nitrogen and oxygen atoms in total. The van der Waals surface area contributed by atoms with Crippen LogP contribution in [-0.2, 0) is 17.4 Å². The molecule has 0 aliphatic rings. The first-order valence-electron chi connectivity index (χ1n) is 14.0. The van der Waals surface area contributed by atoms with Gasteiger partial charge in [-0.25, -0.2) is 10.8 Å². The quantitative estimate of drug-likeness (QED) is 0.126. The van der Waals surface area contributed by atoms with Crippen LogP contribution < -0.4 is 31.4 Å². The van der Waals surface area contributed by atoms with E-state index in [2.05, 4.69) is 75.0 Å². The minimum absolute atomic E-state index is 0.105. The summed E-state index contributed by atoms with van der Waals surface area (Å²) in [5.74, 6) is 7.49. The number of nitrogens with zero attached hydrogens (tertiary/aromatic N) is 3. The van der Waals surface area contributed by atoms with Gasteiger partial charge in [0.05, 0.1) is 24.2 Å². The molecule has 0 unspecified atom stereocenters. The van der Waals surface area contributed by atoms with Crippen molar-refractivity contribution in [2.75, 3.05) is 28.4 Å². The Hall–Kier alpha value is -3.63. The average molecular weight is 596 g/mol. The van der Waals surface area contributed by atoms with E-state index in [0.29, 0.717) is 22.7 Å². The van der Waals surface area contributed by atoms with Crippen molar-refractivity contribution in [1.82, 2.24) is 9.55 Å². The summed E-state index contributed by atoms with van der Waals surface area (Å²) in [5.41, 5.74) is 11.3. The van der Waals surface area contributed by atoms with E-state index in [-0.39, 0.29) is 16.9 Å². The Morgan fingerprint density at radius 3 is 2.26 bits per heavy atom. The van der Waals surface area contributed by atoms with E-state index in [1.807, 2.05) is 37.6 Å². The Morgan fingerprint density at radius 1 is 1.12 bits per heavy atom. The number of amides is 1. The van der Waals surface area contributed by atoms with Gasteiger partial charge in [0.1, 0.15) is 5.82 Å². The summed E-state index contributed by atoms with van der Waals surface area (Å²) in [7, 11) is 1.59. The first-order chi connectivity index (χ1) is 19.6. The minimum Gasteiger partial charge on any atom is -0.492 e. The van der Waals surface area contributed by atoms with Crippen molar-refractivity contribution in [3.05, 3.63) is 77.1 Å². The van der Waals surface area contributed by atoms with E-state index < -0.39 is 0 Å². The van der Waals surface area contributed by atoms with Crippen molar-refractivity contribution in [2.45, 2.75) is 79.7 Å². The van der Waals surface area contributed by atoms with Crippen LogP contribution >= 0.6 is 11.9 Å². The molecule has 0 aliphatic heterocycles. The number of ether oxygens (including phenoxy) is 1. The first-order valence-corrected chi connectivity index (χ1v) is 15.2.